The van der Waals surface area contributed by atoms with Crippen molar-refractivity contribution in [2.24, 2.45) is 5.92 Å². The SMILES string of the molecule is COC(=O)[C@@H](NC(=O)c1cc(-c2ccc(Nc3nc4ccc(F)cc4s3)cc2)no1)C(C)C. The number of hydrogen-bond acceptors (Lipinski definition) is 8. The van der Waals surface area contributed by atoms with E-state index in [1.807, 2.05) is 24.3 Å². The molecule has 0 fully saturated rings. The van der Waals surface area contributed by atoms with Gasteiger partial charge in [-0.15, -0.1) is 0 Å². The summed E-state index contributed by atoms with van der Waals surface area (Å²) in [5.74, 6) is -1.54. The second kappa shape index (κ2) is 9.37. The van der Waals surface area contributed by atoms with Crippen LogP contribution in [0.15, 0.2) is 53.1 Å². The number of rotatable bonds is 7. The first kappa shape index (κ1) is 22.4. The van der Waals surface area contributed by atoms with Gasteiger partial charge in [0.05, 0.1) is 17.3 Å². The van der Waals surface area contributed by atoms with E-state index in [1.165, 1.54) is 36.6 Å². The molecule has 170 valence electrons. The number of halogens is 1. The average molecular weight is 469 g/mol. The highest BCUT2D eigenvalue weighted by Crippen LogP contribution is 2.29. The van der Waals surface area contributed by atoms with Gasteiger partial charge in [0.2, 0.25) is 5.76 Å². The molecule has 4 rings (SSSR count). The molecule has 0 saturated heterocycles. The zero-order valence-electron chi connectivity index (χ0n) is 18.1. The van der Waals surface area contributed by atoms with Crippen LogP contribution in [0.25, 0.3) is 21.5 Å². The third-order valence-electron chi connectivity index (χ3n) is 4.92. The van der Waals surface area contributed by atoms with Crippen LogP contribution in [0.2, 0.25) is 0 Å². The largest absolute Gasteiger partial charge is 0.467 e. The van der Waals surface area contributed by atoms with Gasteiger partial charge in [-0.1, -0.05) is 42.5 Å². The van der Waals surface area contributed by atoms with Crippen molar-refractivity contribution >= 4 is 44.2 Å². The van der Waals surface area contributed by atoms with E-state index in [1.54, 1.807) is 19.9 Å². The molecule has 0 aliphatic carbocycles. The Morgan fingerprint density at radius 2 is 1.88 bits per heavy atom. The third-order valence-corrected chi connectivity index (χ3v) is 5.86. The fourth-order valence-corrected chi connectivity index (χ4v) is 4.07. The molecule has 2 aromatic heterocycles. The summed E-state index contributed by atoms with van der Waals surface area (Å²) in [6.07, 6.45) is 0. The van der Waals surface area contributed by atoms with E-state index in [0.29, 0.717) is 10.8 Å². The number of methoxy groups -OCH3 is 1. The van der Waals surface area contributed by atoms with Crippen LogP contribution in [0.1, 0.15) is 24.4 Å². The molecule has 2 N–H and O–H groups in total. The lowest BCUT2D eigenvalue weighted by atomic mass is 10.0. The molecule has 0 saturated carbocycles. The van der Waals surface area contributed by atoms with Crippen molar-refractivity contribution < 1.29 is 23.2 Å². The maximum absolute atomic E-state index is 13.4. The van der Waals surface area contributed by atoms with Crippen molar-refractivity contribution in [2.75, 3.05) is 12.4 Å². The molecular formula is C23H21FN4O4S. The zero-order valence-corrected chi connectivity index (χ0v) is 18.9. The highest BCUT2D eigenvalue weighted by Gasteiger charge is 2.27. The molecule has 0 aliphatic heterocycles. The van der Waals surface area contributed by atoms with Crippen molar-refractivity contribution in [3.05, 3.63) is 60.1 Å². The first-order chi connectivity index (χ1) is 15.8. The first-order valence-corrected chi connectivity index (χ1v) is 10.9. The topological polar surface area (TPSA) is 106 Å². The number of ether oxygens (including phenoxy) is 1. The minimum atomic E-state index is -0.791. The number of thiazole rings is 1. The van der Waals surface area contributed by atoms with Gasteiger partial charge in [0.25, 0.3) is 5.91 Å². The van der Waals surface area contributed by atoms with Crippen LogP contribution in [0.4, 0.5) is 15.2 Å². The van der Waals surface area contributed by atoms with Crippen molar-refractivity contribution in [3.8, 4) is 11.3 Å². The molecule has 10 heteroatoms. The monoisotopic (exact) mass is 468 g/mol. The van der Waals surface area contributed by atoms with E-state index in [9.17, 15) is 14.0 Å². The van der Waals surface area contributed by atoms with Crippen LogP contribution in [0.3, 0.4) is 0 Å². The summed E-state index contributed by atoms with van der Waals surface area (Å²) in [4.78, 5) is 28.8. The highest BCUT2D eigenvalue weighted by molar-refractivity contribution is 7.22. The summed E-state index contributed by atoms with van der Waals surface area (Å²) in [6.45, 7) is 3.60. The maximum Gasteiger partial charge on any atom is 0.328 e. The molecule has 8 nitrogen and oxygen atoms in total. The highest BCUT2D eigenvalue weighted by atomic mass is 32.1. The molecule has 1 atom stereocenters. The number of hydrogen-bond donors (Lipinski definition) is 2. The van der Waals surface area contributed by atoms with Crippen molar-refractivity contribution in [1.82, 2.24) is 15.5 Å². The average Bonchev–Trinajstić information content (AvgIpc) is 3.44. The van der Waals surface area contributed by atoms with Crippen LogP contribution in [0, 0.1) is 11.7 Å². The second-order valence-corrected chi connectivity index (χ2v) is 8.66. The Kier molecular flexibility index (Phi) is 6.36. The Morgan fingerprint density at radius 1 is 1.12 bits per heavy atom. The van der Waals surface area contributed by atoms with Gasteiger partial charge in [-0.3, -0.25) is 4.79 Å². The van der Waals surface area contributed by atoms with Gasteiger partial charge in [-0.2, -0.15) is 0 Å². The van der Waals surface area contributed by atoms with Crippen LogP contribution < -0.4 is 10.6 Å². The Hall–Kier alpha value is -3.79. The number of amides is 1. The Labute approximate surface area is 192 Å². The first-order valence-electron chi connectivity index (χ1n) is 10.1. The minimum Gasteiger partial charge on any atom is -0.467 e. The van der Waals surface area contributed by atoms with Crippen molar-refractivity contribution in [1.29, 1.82) is 0 Å². The molecule has 0 spiro atoms. The Balaban J connectivity index is 1.45. The predicted molar refractivity (Wildman–Crippen MR) is 123 cm³/mol. The fourth-order valence-electron chi connectivity index (χ4n) is 3.16. The van der Waals surface area contributed by atoms with Gasteiger partial charge in [-0.05, 0) is 36.2 Å². The summed E-state index contributed by atoms with van der Waals surface area (Å²) in [7, 11) is 1.27. The molecule has 0 radical (unpaired) electrons. The Morgan fingerprint density at radius 3 is 2.58 bits per heavy atom. The smallest absolute Gasteiger partial charge is 0.328 e. The van der Waals surface area contributed by atoms with E-state index in [2.05, 4.69) is 20.8 Å². The van der Waals surface area contributed by atoms with Crippen LogP contribution >= 0.6 is 11.3 Å². The lowest BCUT2D eigenvalue weighted by molar-refractivity contribution is -0.144. The quantitative estimate of drug-likeness (QED) is 0.377. The van der Waals surface area contributed by atoms with E-state index < -0.39 is 17.9 Å². The Bertz CT molecular complexity index is 1300. The molecule has 33 heavy (non-hydrogen) atoms. The van der Waals surface area contributed by atoms with Crippen LogP contribution in [-0.4, -0.2) is 35.2 Å². The second-order valence-electron chi connectivity index (χ2n) is 7.63. The lowest BCUT2D eigenvalue weighted by Crippen LogP contribution is -2.44. The zero-order chi connectivity index (χ0) is 23.5. The molecule has 0 aliphatic rings. The van der Waals surface area contributed by atoms with E-state index in [4.69, 9.17) is 9.26 Å². The number of esters is 1. The summed E-state index contributed by atoms with van der Waals surface area (Å²) < 4.78 is 24.0. The molecule has 0 bridgehead atoms. The summed E-state index contributed by atoms with van der Waals surface area (Å²) >= 11 is 1.36. The fraction of sp³-hybridized carbons (Fsp3) is 0.217. The van der Waals surface area contributed by atoms with Crippen molar-refractivity contribution in [2.45, 2.75) is 19.9 Å². The van der Waals surface area contributed by atoms with Crippen LogP contribution in [-0.2, 0) is 9.53 Å². The number of fused-ring (bicyclic) bond motifs is 1. The van der Waals surface area contributed by atoms with Crippen LogP contribution in [0.5, 0.6) is 0 Å². The minimum absolute atomic E-state index is 0.0107. The van der Waals surface area contributed by atoms with Gasteiger partial charge in [0.15, 0.2) is 5.13 Å². The standard InChI is InChI=1S/C23H21FN4O4S/c1-12(2)20(22(30)31-3)27-21(29)18-11-17(28-32-18)13-4-7-15(8-5-13)25-23-26-16-9-6-14(24)10-19(16)33-23/h4-12,20H,1-3H3,(H,25,26)(H,27,29)/t20-/m0/s1. The number of carbonyl (C=O) groups excluding carboxylic acids is 2. The molecule has 2 aromatic carbocycles. The molecule has 2 heterocycles. The number of aromatic nitrogens is 2. The maximum atomic E-state index is 13.4. The van der Waals surface area contributed by atoms with E-state index in [0.717, 1.165) is 21.5 Å². The van der Waals surface area contributed by atoms with E-state index >= 15 is 0 Å². The van der Waals surface area contributed by atoms with Gasteiger partial charge < -0.3 is 19.9 Å². The van der Waals surface area contributed by atoms with Gasteiger partial charge in [0.1, 0.15) is 17.6 Å². The van der Waals surface area contributed by atoms with E-state index in [-0.39, 0.29) is 17.5 Å². The molecular weight excluding hydrogens is 447 g/mol. The lowest BCUT2D eigenvalue weighted by Gasteiger charge is -2.18. The third kappa shape index (κ3) is 5.01. The van der Waals surface area contributed by atoms with Gasteiger partial charge in [0, 0.05) is 17.3 Å². The number of nitrogens with zero attached hydrogens (tertiary/aromatic N) is 2. The van der Waals surface area contributed by atoms with Gasteiger partial charge >= 0.3 is 5.97 Å². The summed E-state index contributed by atoms with van der Waals surface area (Å²) in [6, 6.07) is 12.5. The van der Waals surface area contributed by atoms with Gasteiger partial charge in [-0.25, -0.2) is 14.2 Å². The number of anilines is 2. The number of carbonyl (C=O) groups is 2. The summed E-state index contributed by atoms with van der Waals surface area (Å²) in [5, 5.41) is 10.4. The number of benzene rings is 2. The number of nitrogens with one attached hydrogen (secondary N) is 2. The molecule has 0 unspecified atom stereocenters. The molecule has 4 aromatic rings. The summed E-state index contributed by atoms with van der Waals surface area (Å²) in [5.41, 5.74) is 2.72. The predicted octanol–water partition coefficient (Wildman–Crippen LogP) is 4.76. The normalized spacial score (nSPS) is 12.0. The van der Waals surface area contributed by atoms with Crippen molar-refractivity contribution in [3.63, 3.8) is 0 Å². The molecule has 1 amide bonds.